The van der Waals surface area contributed by atoms with Crippen molar-refractivity contribution in [1.29, 1.82) is 0 Å². The highest BCUT2D eigenvalue weighted by atomic mass is 32.2. The predicted molar refractivity (Wildman–Crippen MR) is 115 cm³/mol. The van der Waals surface area contributed by atoms with Gasteiger partial charge in [-0.25, -0.2) is 8.42 Å². The van der Waals surface area contributed by atoms with Crippen LogP contribution in [0.5, 0.6) is 5.75 Å². The molecule has 0 unspecified atom stereocenters. The summed E-state index contributed by atoms with van der Waals surface area (Å²) in [6.07, 6.45) is 0.486. The summed E-state index contributed by atoms with van der Waals surface area (Å²) in [5.74, 6) is 0.272. The first-order valence-corrected chi connectivity index (χ1v) is 11.3. The van der Waals surface area contributed by atoms with Crippen molar-refractivity contribution in [2.24, 2.45) is 7.05 Å². The largest absolute Gasteiger partial charge is 0.497 e. The first-order chi connectivity index (χ1) is 14.9. The number of ether oxygens (including phenoxy) is 1. The number of nitrogens with zero attached hydrogens (tertiary/aromatic N) is 3. The smallest absolute Gasteiger partial charge is 0.272 e. The topological polar surface area (TPSA) is 93.5 Å². The van der Waals surface area contributed by atoms with E-state index in [1.54, 1.807) is 23.9 Å². The zero-order valence-electron chi connectivity index (χ0n) is 17.4. The highest BCUT2D eigenvalue weighted by molar-refractivity contribution is 7.89. The van der Waals surface area contributed by atoms with E-state index >= 15 is 0 Å². The minimum atomic E-state index is -3.71. The number of hydrogen-bond donors (Lipinski definition) is 1. The fourth-order valence-corrected chi connectivity index (χ4v) is 5.12. The molecule has 1 aromatic heterocycles. The summed E-state index contributed by atoms with van der Waals surface area (Å²) < 4.78 is 34.5. The Balaban J connectivity index is 1.56. The second kappa shape index (κ2) is 8.52. The Morgan fingerprint density at radius 1 is 1.13 bits per heavy atom. The zero-order chi connectivity index (χ0) is 22.0. The number of carbonyl (C=O) groups is 1. The van der Waals surface area contributed by atoms with Crippen molar-refractivity contribution in [3.63, 3.8) is 0 Å². The quantitative estimate of drug-likeness (QED) is 0.634. The van der Waals surface area contributed by atoms with Crippen LogP contribution in [0.15, 0.2) is 59.5 Å². The molecule has 1 aliphatic heterocycles. The fourth-order valence-electron chi connectivity index (χ4n) is 3.71. The van der Waals surface area contributed by atoms with Crippen LogP contribution >= 0.6 is 0 Å². The molecule has 9 heteroatoms. The third-order valence-electron chi connectivity index (χ3n) is 5.42. The molecule has 4 rings (SSSR count). The molecule has 0 fully saturated rings. The number of methoxy groups -OCH3 is 1. The molecular weight excluding hydrogens is 416 g/mol. The Morgan fingerprint density at radius 2 is 1.84 bits per heavy atom. The number of nitrogens with one attached hydrogen (secondary N) is 1. The third kappa shape index (κ3) is 4.19. The van der Waals surface area contributed by atoms with Gasteiger partial charge in [-0.15, -0.1) is 0 Å². The predicted octanol–water partition coefficient (Wildman–Crippen LogP) is 2.11. The molecule has 31 heavy (non-hydrogen) atoms. The second-order valence-electron chi connectivity index (χ2n) is 7.33. The van der Waals surface area contributed by atoms with Crippen LogP contribution in [0.25, 0.3) is 0 Å². The number of carbonyl (C=O) groups excluding carboxylic acids is 1. The summed E-state index contributed by atoms with van der Waals surface area (Å²) >= 11 is 0. The van der Waals surface area contributed by atoms with Crippen molar-refractivity contribution in [3.05, 3.63) is 77.1 Å². The van der Waals surface area contributed by atoms with Crippen LogP contribution in [0.4, 0.5) is 0 Å². The van der Waals surface area contributed by atoms with Gasteiger partial charge in [0.25, 0.3) is 5.91 Å². The van der Waals surface area contributed by atoms with Crippen molar-refractivity contribution in [1.82, 2.24) is 19.4 Å². The van der Waals surface area contributed by atoms with Gasteiger partial charge in [-0.1, -0.05) is 30.3 Å². The van der Waals surface area contributed by atoms with E-state index in [-0.39, 0.29) is 23.0 Å². The highest BCUT2D eigenvalue weighted by Gasteiger charge is 2.33. The molecule has 2 heterocycles. The van der Waals surface area contributed by atoms with Gasteiger partial charge in [-0.05, 0) is 29.8 Å². The molecule has 0 bridgehead atoms. The normalized spacial score (nSPS) is 14.1. The number of aryl methyl sites for hydroxylation is 1. The molecule has 0 saturated heterocycles. The van der Waals surface area contributed by atoms with E-state index in [0.29, 0.717) is 30.8 Å². The van der Waals surface area contributed by atoms with Gasteiger partial charge < -0.3 is 10.1 Å². The van der Waals surface area contributed by atoms with Crippen molar-refractivity contribution < 1.29 is 17.9 Å². The Hall–Kier alpha value is -3.17. The minimum absolute atomic E-state index is 0.103. The molecule has 162 valence electrons. The number of amides is 1. The third-order valence-corrected chi connectivity index (χ3v) is 7.27. The molecular formula is C22H24N4O4S. The second-order valence-corrected chi connectivity index (χ2v) is 9.27. The molecule has 0 atom stereocenters. The summed E-state index contributed by atoms with van der Waals surface area (Å²) in [5.41, 5.74) is 2.77. The number of fused-ring (bicyclic) bond motifs is 1. The van der Waals surface area contributed by atoms with E-state index in [2.05, 4.69) is 10.4 Å². The maximum atomic E-state index is 13.2. The number of rotatable bonds is 6. The van der Waals surface area contributed by atoms with E-state index in [1.807, 2.05) is 30.3 Å². The Kier molecular flexibility index (Phi) is 5.79. The van der Waals surface area contributed by atoms with Crippen LogP contribution in [0.2, 0.25) is 0 Å². The van der Waals surface area contributed by atoms with E-state index < -0.39 is 10.0 Å². The standard InChI is InChI=1S/C22H24N4O4S/c1-25-20-12-13-26(31(28,29)18-10-8-17(30-2)9-11-18)15-19(20)21(24-25)22(27)23-14-16-6-4-3-5-7-16/h3-11H,12-15H2,1-2H3,(H,23,27). The lowest BCUT2D eigenvalue weighted by Crippen LogP contribution is -2.37. The molecule has 0 radical (unpaired) electrons. The minimum Gasteiger partial charge on any atom is -0.497 e. The SMILES string of the molecule is COc1ccc(S(=O)(=O)N2CCc3c(c(C(=O)NCc4ccccc4)nn3C)C2)cc1. The number of sulfonamides is 1. The number of hydrogen-bond acceptors (Lipinski definition) is 5. The molecule has 0 aliphatic carbocycles. The summed E-state index contributed by atoms with van der Waals surface area (Å²) in [5, 5.41) is 7.26. The molecule has 8 nitrogen and oxygen atoms in total. The molecule has 0 spiro atoms. The van der Waals surface area contributed by atoms with E-state index in [1.165, 1.54) is 23.5 Å². The number of aromatic nitrogens is 2. The van der Waals surface area contributed by atoms with E-state index in [4.69, 9.17) is 4.74 Å². The summed E-state index contributed by atoms with van der Waals surface area (Å²) in [7, 11) is -0.401. The number of benzene rings is 2. The average Bonchev–Trinajstić information content (AvgIpc) is 3.14. The average molecular weight is 441 g/mol. The van der Waals surface area contributed by atoms with Crippen molar-refractivity contribution in [2.45, 2.75) is 24.4 Å². The lowest BCUT2D eigenvalue weighted by molar-refractivity contribution is 0.0943. The Morgan fingerprint density at radius 3 is 2.52 bits per heavy atom. The van der Waals surface area contributed by atoms with Crippen LogP contribution in [-0.2, 0) is 36.6 Å². The van der Waals surface area contributed by atoms with Crippen molar-refractivity contribution in [2.75, 3.05) is 13.7 Å². The van der Waals surface area contributed by atoms with Gasteiger partial charge in [0.15, 0.2) is 5.69 Å². The van der Waals surface area contributed by atoms with Gasteiger partial charge in [0, 0.05) is 44.4 Å². The lowest BCUT2D eigenvalue weighted by atomic mass is 10.1. The van der Waals surface area contributed by atoms with Gasteiger partial charge in [-0.3, -0.25) is 9.48 Å². The maximum Gasteiger partial charge on any atom is 0.272 e. The molecule has 1 N–H and O–H groups in total. The summed E-state index contributed by atoms with van der Waals surface area (Å²) in [6, 6.07) is 15.9. The van der Waals surface area contributed by atoms with Crippen LogP contribution in [-0.4, -0.2) is 42.1 Å². The molecule has 3 aromatic rings. The monoisotopic (exact) mass is 440 g/mol. The lowest BCUT2D eigenvalue weighted by Gasteiger charge is -2.27. The first kappa shape index (κ1) is 21.1. The van der Waals surface area contributed by atoms with E-state index in [0.717, 1.165) is 11.3 Å². The van der Waals surface area contributed by atoms with Crippen LogP contribution in [0.1, 0.15) is 27.3 Å². The first-order valence-electron chi connectivity index (χ1n) is 9.91. The van der Waals surface area contributed by atoms with Gasteiger partial charge in [0.1, 0.15) is 5.75 Å². The van der Waals surface area contributed by atoms with Crippen LogP contribution in [0.3, 0.4) is 0 Å². The van der Waals surface area contributed by atoms with Crippen LogP contribution in [0, 0.1) is 0 Å². The van der Waals surface area contributed by atoms with Crippen molar-refractivity contribution in [3.8, 4) is 5.75 Å². The molecule has 1 aliphatic rings. The Labute approximate surface area is 181 Å². The fraction of sp³-hybridized carbons (Fsp3) is 0.273. The van der Waals surface area contributed by atoms with Crippen molar-refractivity contribution >= 4 is 15.9 Å². The Bertz CT molecular complexity index is 1190. The molecule has 1 amide bonds. The van der Waals surface area contributed by atoms with Gasteiger partial charge in [-0.2, -0.15) is 9.40 Å². The van der Waals surface area contributed by atoms with Crippen LogP contribution < -0.4 is 10.1 Å². The molecule has 0 saturated carbocycles. The zero-order valence-corrected chi connectivity index (χ0v) is 18.2. The van der Waals surface area contributed by atoms with Gasteiger partial charge in [0.2, 0.25) is 10.0 Å². The maximum absolute atomic E-state index is 13.2. The van der Waals surface area contributed by atoms with Gasteiger partial charge in [0.05, 0.1) is 12.0 Å². The summed E-state index contributed by atoms with van der Waals surface area (Å²) in [4.78, 5) is 13.0. The molecule has 2 aromatic carbocycles. The summed E-state index contributed by atoms with van der Waals surface area (Å²) in [6.45, 7) is 0.802. The highest BCUT2D eigenvalue weighted by Crippen LogP contribution is 2.28. The van der Waals surface area contributed by atoms with Gasteiger partial charge >= 0.3 is 0 Å². The van der Waals surface area contributed by atoms with E-state index in [9.17, 15) is 13.2 Å².